The highest BCUT2D eigenvalue weighted by molar-refractivity contribution is 8.00. The SMILES string of the molecule is CCCC1SCC(C(=O)O)N1C(=O)NCC(C)C. The maximum absolute atomic E-state index is 12.1. The molecule has 2 atom stereocenters. The first-order valence-electron chi connectivity index (χ1n) is 6.38. The molecule has 6 heteroatoms. The van der Waals surface area contributed by atoms with Gasteiger partial charge in [-0.15, -0.1) is 11.8 Å². The van der Waals surface area contributed by atoms with Crippen LogP contribution in [-0.2, 0) is 4.79 Å². The fourth-order valence-corrected chi connectivity index (χ4v) is 3.39. The highest BCUT2D eigenvalue weighted by Gasteiger charge is 2.41. The Labute approximate surface area is 112 Å². The standard InChI is InChI=1S/C12H22N2O3S/c1-4-5-10-14(9(7-18-10)11(15)16)12(17)13-6-8(2)3/h8-10H,4-7H2,1-3H3,(H,13,17)(H,15,16). The van der Waals surface area contributed by atoms with Gasteiger partial charge in [0.15, 0.2) is 0 Å². The minimum atomic E-state index is -0.916. The first kappa shape index (κ1) is 15.1. The maximum Gasteiger partial charge on any atom is 0.327 e. The zero-order valence-corrected chi connectivity index (χ0v) is 12.0. The molecular weight excluding hydrogens is 252 g/mol. The van der Waals surface area contributed by atoms with Crippen molar-refractivity contribution < 1.29 is 14.7 Å². The van der Waals surface area contributed by atoms with Gasteiger partial charge in [0.1, 0.15) is 6.04 Å². The van der Waals surface area contributed by atoms with Crippen molar-refractivity contribution in [3.63, 3.8) is 0 Å². The van der Waals surface area contributed by atoms with Crippen molar-refractivity contribution >= 4 is 23.8 Å². The van der Waals surface area contributed by atoms with Crippen molar-refractivity contribution in [2.45, 2.75) is 45.0 Å². The number of carboxylic acids is 1. The second kappa shape index (κ2) is 6.87. The first-order chi connectivity index (χ1) is 8.47. The Kier molecular flexibility index (Phi) is 5.78. The van der Waals surface area contributed by atoms with E-state index < -0.39 is 12.0 Å². The van der Waals surface area contributed by atoms with Gasteiger partial charge in [-0.05, 0) is 12.3 Å². The van der Waals surface area contributed by atoms with Crippen LogP contribution in [0.4, 0.5) is 4.79 Å². The van der Waals surface area contributed by atoms with Gasteiger partial charge in [-0.25, -0.2) is 9.59 Å². The number of hydrogen-bond donors (Lipinski definition) is 2. The molecule has 104 valence electrons. The molecule has 1 aliphatic heterocycles. The highest BCUT2D eigenvalue weighted by Crippen LogP contribution is 2.32. The van der Waals surface area contributed by atoms with Gasteiger partial charge in [-0.1, -0.05) is 27.2 Å². The summed E-state index contributed by atoms with van der Waals surface area (Å²) in [5.41, 5.74) is 0. The lowest BCUT2D eigenvalue weighted by Gasteiger charge is -2.27. The van der Waals surface area contributed by atoms with E-state index >= 15 is 0 Å². The molecule has 0 aliphatic carbocycles. The average molecular weight is 274 g/mol. The van der Waals surface area contributed by atoms with E-state index in [2.05, 4.69) is 5.32 Å². The first-order valence-corrected chi connectivity index (χ1v) is 7.42. The summed E-state index contributed by atoms with van der Waals surface area (Å²) in [5.74, 6) is -0.0762. The van der Waals surface area contributed by atoms with Crippen LogP contribution in [-0.4, -0.2) is 45.7 Å². The summed E-state index contributed by atoms with van der Waals surface area (Å²) in [7, 11) is 0. The summed E-state index contributed by atoms with van der Waals surface area (Å²) >= 11 is 1.56. The number of carbonyl (C=O) groups is 2. The molecule has 0 aromatic carbocycles. The molecule has 1 aliphatic rings. The van der Waals surface area contributed by atoms with E-state index in [1.54, 1.807) is 11.8 Å². The van der Waals surface area contributed by atoms with Crippen LogP contribution in [0, 0.1) is 5.92 Å². The Balaban J connectivity index is 2.69. The Morgan fingerprint density at radius 1 is 1.50 bits per heavy atom. The van der Waals surface area contributed by atoms with Crippen molar-refractivity contribution in [2.75, 3.05) is 12.3 Å². The van der Waals surface area contributed by atoms with E-state index in [9.17, 15) is 9.59 Å². The molecule has 0 saturated carbocycles. The van der Waals surface area contributed by atoms with Crippen LogP contribution in [0.2, 0.25) is 0 Å². The van der Waals surface area contributed by atoms with Gasteiger partial charge < -0.3 is 10.4 Å². The number of rotatable bonds is 5. The molecule has 2 amide bonds. The smallest absolute Gasteiger partial charge is 0.327 e. The van der Waals surface area contributed by atoms with Gasteiger partial charge in [-0.2, -0.15) is 0 Å². The predicted octanol–water partition coefficient (Wildman–Crippen LogP) is 1.98. The summed E-state index contributed by atoms with van der Waals surface area (Å²) in [6.45, 7) is 6.64. The largest absolute Gasteiger partial charge is 0.480 e. The molecule has 1 heterocycles. The quantitative estimate of drug-likeness (QED) is 0.804. The van der Waals surface area contributed by atoms with Crippen LogP contribution in [0.3, 0.4) is 0 Å². The fourth-order valence-electron chi connectivity index (χ4n) is 1.88. The van der Waals surface area contributed by atoms with E-state index in [1.165, 1.54) is 4.90 Å². The number of urea groups is 1. The number of amides is 2. The number of hydrogen-bond acceptors (Lipinski definition) is 3. The number of carbonyl (C=O) groups excluding carboxylic acids is 1. The Morgan fingerprint density at radius 2 is 2.17 bits per heavy atom. The molecule has 1 saturated heterocycles. The van der Waals surface area contributed by atoms with E-state index in [4.69, 9.17) is 5.11 Å². The van der Waals surface area contributed by atoms with Crippen LogP contribution < -0.4 is 5.32 Å². The van der Waals surface area contributed by atoms with Gasteiger partial charge in [0.2, 0.25) is 0 Å². The van der Waals surface area contributed by atoms with Crippen molar-refractivity contribution in [1.82, 2.24) is 10.2 Å². The second-order valence-electron chi connectivity index (χ2n) is 4.92. The lowest BCUT2D eigenvalue weighted by Crippen LogP contribution is -2.50. The zero-order valence-electron chi connectivity index (χ0n) is 11.2. The molecule has 2 N–H and O–H groups in total. The van der Waals surface area contributed by atoms with Crippen LogP contribution in [0.5, 0.6) is 0 Å². The summed E-state index contributed by atoms with van der Waals surface area (Å²) < 4.78 is 0. The molecular formula is C12H22N2O3S. The average Bonchev–Trinajstić information content (AvgIpc) is 2.70. The van der Waals surface area contributed by atoms with Gasteiger partial charge in [0.25, 0.3) is 0 Å². The monoisotopic (exact) mass is 274 g/mol. The second-order valence-corrected chi connectivity index (χ2v) is 6.13. The minimum absolute atomic E-state index is 0.0109. The van der Waals surface area contributed by atoms with E-state index in [0.717, 1.165) is 12.8 Å². The van der Waals surface area contributed by atoms with E-state index in [0.29, 0.717) is 18.2 Å². The Bertz CT molecular complexity index is 310. The maximum atomic E-state index is 12.1. The normalized spacial score (nSPS) is 23.4. The molecule has 0 bridgehead atoms. The summed E-state index contributed by atoms with van der Waals surface area (Å²) in [5, 5.41) is 12.0. The molecule has 0 radical (unpaired) electrons. The topological polar surface area (TPSA) is 69.6 Å². The predicted molar refractivity (Wildman–Crippen MR) is 72.7 cm³/mol. The minimum Gasteiger partial charge on any atom is -0.480 e. The Morgan fingerprint density at radius 3 is 2.67 bits per heavy atom. The van der Waals surface area contributed by atoms with Crippen molar-refractivity contribution in [3.05, 3.63) is 0 Å². The number of nitrogens with one attached hydrogen (secondary N) is 1. The van der Waals surface area contributed by atoms with Crippen molar-refractivity contribution in [1.29, 1.82) is 0 Å². The van der Waals surface area contributed by atoms with Gasteiger partial charge >= 0.3 is 12.0 Å². The van der Waals surface area contributed by atoms with Crippen LogP contribution in [0.1, 0.15) is 33.6 Å². The molecule has 0 aromatic rings. The summed E-state index contributed by atoms with van der Waals surface area (Å²) in [6.07, 6.45) is 1.78. The fraction of sp³-hybridized carbons (Fsp3) is 0.833. The third-order valence-electron chi connectivity index (χ3n) is 2.81. The molecule has 0 aromatic heterocycles. The highest BCUT2D eigenvalue weighted by atomic mass is 32.2. The van der Waals surface area contributed by atoms with Gasteiger partial charge in [0, 0.05) is 12.3 Å². The molecule has 18 heavy (non-hydrogen) atoms. The molecule has 1 rings (SSSR count). The van der Waals surface area contributed by atoms with Crippen LogP contribution in [0.15, 0.2) is 0 Å². The summed E-state index contributed by atoms with van der Waals surface area (Å²) in [6, 6.07) is -0.946. The zero-order chi connectivity index (χ0) is 13.7. The van der Waals surface area contributed by atoms with Crippen LogP contribution >= 0.6 is 11.8 Å². The number of carboxylic acid groups (broad SMARTS) is 1. The number of thioether (sulfide) groups is 1. The third-order valence-corrected chi connectivity index (χ3v) is 4.17. The summed E-state index contributed by atoms with van der Waals surface area (Å²) in [4.78, 5) is 24.8. The lowest BCUT2D eigenvalue weighted by atomic mass is 10.2. The molecule has 2 unspecified atom stereocenters. The Hall–Kier alpha value is -0.910. The molecule has 1 fully saturated rings. The number of nitrogens with zero attached hydrogens (tertiary/aromatic N) is 1. The van der Waals surface area contributed by atoms with Crippen molar-refractivity contribution in [3.8, 4) is 0 Å². The van der Waals surface area contributed by atoms with Gasteiger partial charge in [-0.3, -0.25) is 4.90 Å². The van der Waals surface area contributed by atoms with Crippen molar-refractivity contribution in [2.24, 2.45) is 5.92 Å². The van der Waals surface area contributed by atoms with Crippen LogP contribution in [0.25, 0.3) is 0 Å². The van der Waals surface area contributed by atoms with E-state index in [-0.39, 0.29) is 11.4 Å². The van der Waals surface area contributed by atoms with E-state index in [1.807, 2.05) is 20.8 Å². The van der Waals surface area contributed by atoms with Gasteiger partial charge in [0.05, 0.1) is 5.37 Å². The number of aliphatic carboxylic acids is 1. The molecule has 5 nitrogen and oxygen atoms in total. The lowest BCUT2D eigenvalue weighted by molar-refractivity contribution is -0.141. The third kappa shape index (κ3) is 3.80. The molecule has 0 spiro atoms.